The molecule has 21 heavy (non-hydrogen) atoms. The van der Waals surface area contributed by atoms with Gasteiger partial charge in [0.15, 0.2) is 0 Å². The summed E-state index contributed by atoms with van der Waals surface area (Å²) < 4.78 is 89.1. The van der Waals surface area contributed by atoms with Crippen molar-refractivity contribution >= 4 is 12.4 Å². The zero-order valence-corrected chi connectivity index (χ0v) is 11.2. The van der Waals surface area contributed by atoms with Gasteiger partial charge < -0.3 is 10.8 Å². The molecule has 0 aliphatic carbocycles. The van der Waals surface area contributed by atoms with Gasteiger partial charge >= 0.3 is 12.4 Å². The van der Waals surface area contributed by atoms with Crippen LogP contribution in [0.15, 0.2) is 12.1 Å². The molecule has 0 aromatic heterocycles. The largest absolute Gasteiger partial charge is 0.416 e. The SMILES string of the molecule is C[C@@H](O)[C@@H](N)c1c(F)cc(C(F)(F)F)cc1C(F)(F)F.Cl. The minimum atomic E-state index is -5.23. The van der Waals surface area contributed by atoms with E-state index in [2.05, 4.69) is 0 Å². The van der Waals surface area contributed by atoms with Crippen LogP contribution in [-0.4, -0.2) is 11.2 Å². The number of aliphatic hydroxyl groups excluding tert-OH is 1. The molecule has 0 radical (unpaired) electrons. The Morgan fingerprint density at radius 1 is 1.05 bits per heavy atom. The summed E-state index contributed by atoms with van der Waals surface area (Å²) in [5.74, 6) is -1.76. The zero-order chi connectivity index (χ0) is 15.9. The van der Waals surface area contributed by atoms with E-state index in [1.165, 1.54) is 0 Å². The molecule has 10 heteroatoms. The van der Waals surface area contributed by atoms with Crippen LogP contribution in [0, 0.1) is 5.82 Å². The quantitative estimate of drug-likeness (QED) is 0.806. The molecule has 0 fully saturated rings. The van der Waals surface area contributed by atoms with Gasteiger partial charge in [-0.1, -0.05) is 0 Å². The minimum absolute atomic E-state index is 0. The number of hydrogen-bond donors (Lipinski definition) is 2. The molecule has 0 amide bonds. The average molecular weight is 342 g/mol. The summed E-state index contributed by atoms with van der Waals surface area (Å²) in [4.78, 5) is 0. The Balaban J connectivity index is 0.00000400. The Morgan fingerprint density at radius 3 is 1.86 bits per heavy atom. The van der Waals surface area contributed by atoms with Gasteiger partial charge in [-0.2, -0.15) is 26.3 Å². The highest BCUT2D eigenvalue weighted by Crippen LogP contribution is 2.40. The van der Waals surface area contributed by atoms with Gasteiger partial charge in [0.05, 0.1) is 23.3 Å². The smallest absolute Gasteiger partial charge is 0.391 e. The van der Waals surface area contributed by atoms with Gasteiger partial charge in [0.1, 0.15) is 5.82 Å². The first-order valence-electron chi connectivity index (χ1n) is 5.27. The van der Waals surface area contributed by atoms with Gasteiger partial charge in [0.25, 0.3) is 0 Å². The topological polar surface area (TPSA) is 46.2 Å². The van der Waals surface area contributed by atoms with Crippen molar-refractivity contribution in [2.24, 2.45) is 5.73 Å². The van der Waals surface area contributed by atoms with Crippen molar-refractivity contribution in [1.29, 1.82) is 0 Å². The Bertz CT molecular complexity index is 499. The van der Waals surface area contributed by atoms with Crippen molar-refractivity contribution in [3.05, 3.63) is 34.6 Å². The van der Waals surface area contributed by atoms with Crippen LogP contribution in [0.4, 0.5) is 30.7 Å². The highest BCUT2D eigenvalue weighted by atomic mass is 35.5. The number of rotatable bonds is 2. The van der Waals surface area contributed by atoms with Crippen LogP contribution in [0.25, 0.3) is 0 Å². The third kappa shape index (κ3) is 4.45. The summed E-state index contributed by atoms with van der Waals surface area (Å²) in [5, 5.41) is 9.14. The van der Waals surface area contributed by atoms with E-state index in [0.717, 1.165) is 6.92 Å². The van der Waals surface area contributed by atoms with Gasteiger partial charge in [-0.25, -0.2) is 4.39 Å². The Labute approximate surface area is 121 Å². The van der Waals surface area contributed by atoms with Crippen molar-refractivity contribution in [3.8, 4) is 0 Å². The Hall–Kier alpha value is -1.06. The zero-order valence-electron chi connectivity index (χ0n) is 10.4. The van der Waals surface area contributed by atoms with Gasteiger partial charge in [-0.05, 0) is 19.1 Å². The molecule has 2 nitrogen and oxygen atoms in total. The molecule has 1 aromatic carbocycles. The van der Waals surface area contributed by atoms with E-state index in [4.69, 9.17) is 10.8 Å². The number of aliphatic hydroxyl groups is 1. The van der Waals surface area contributed by atoms with E-state index in [0.29, 0.717) is 0 Å². The lowest BCUT2D eigenvalue weighted by atomic mass is 9.94. The maximum absolute atomic E-state index is 13.6. The summed E-state index contributed by atoms with van der Waals surface area (Å²) in [6.07, 6.45) is -11.9. The standard InChI is InChI=1S/C11H10F7NO.ClH/c1-4(20)9(19)8-6(11(16,17)18)2-5(3-7(8)12)10(13,14)15;/h2-4,9,20H,19H2,1H3;1H/t4-,9-;/m1./s1. The van der Waals surface area contributed by atoms with Crippen molar-refractivity contribution in [3.63, 3.8) is 0 Å². The van der Waals surface area contributed by atoms with Crippen molar-refractivity contribution in [2.75, 3.05) is 0 Å². The maximum Gasteiger partial charge on any atom is 0.416 e. The molecule has 1 aromatic rings. The van der Waals surface area contributed by atoms with Gasteiger partial charge in [0, 0.05) is 5.56 Å². The highest BCUT2D eigenvalue weighted by molar-refractivity contribution is 5.85. The average Bonchev–Trinajstić information content (AvgIpc) is 2.24. The fourth-order valence-corrected chi connectivity index (χ4v) is 1.60. The fraction of sp³-hybridized carbons (Fsp3) is 0.455. The van der Waals surface area contributed by atoms with Gasteiger partial charge in [-0.3, -0.25) is 0 Å². The first-order chi connectivity index (χ1) is 8.85. The van der Waals surface area contributed by atoms with E-state index >= 15 is 0 Å². The molecule has 0 bridgehead atoms. The molecule has 1 rings (SSSR count). The van der Waals surface area contributed by atoms with Crippen LogP contribution in [0.1, 0.15) is 29.7 Å². The molecule has 2 atom stereocenters. The molecule has 122 valence electrons. The highest BCUT2D eigenvalue weighted by Gasteiger charge is 2.41. The third-order valence-corrected chi connectivity index (χ3v) is 2.62. The predicted molar refractivity (Wildman–Crippen MR) is 62.3 cm³/mol. The van der Waals surface area contributed by atoms with E-state index in [-0.39, 0.29) is 24.5 Å². The second-order valence-electron chi connectivity index (χ2n) is 4.18. The molecule has 0 aliphatic heterocycles. The first kappa shape index (κ1) is 19.9. The predicted octanol–water partition coefficient (Wildman–Crippen LogP) is 3.67. The molecule has 0 saturated carbocycles. The van der Waals surface area contributed by atoms with Crippen LogP contribution in [0.2, 0.25) is 0 Å². The van der Waals surface area contributed by atoms with Gasteiger partial charge in [0.2, 0.25) is 0 Å². The van der Waals surface area contributed by atoms with Crippen molar-refractivity contribution in [2.45, 2.75) is 31.4 Å². The Morgan fingerprint density at radius 2 is 1.52 bits per heavy atom. The summed E-state index contributed by atoms with van der Waals surface area (Å²) in [5.41, 5.74) is 0.407. The summed E-state index contributed by atoms with van der Waals surface area (Å²) >= 11 is 0. The minimum Gasteiger partial charge on any atom is -0.391 e. The lowest BCUT2D eigenvalue weighted by Gasteiger charge is -2.22. The fourth-order valence-electron chi connectivity index (χ4n) is 1.60. The molecule has 0 heterocycles. The van der Waals surface area contributed by atoms with Gasteiger partial charge in [-0.15, -0.1) is 12.4 Å². The van der Waals surface area contributed by atoms with Crippen LogP contribution in [0.5, 0.6) is 0 Å². The Kier molecular flexibility index (Phi) is 6.05. The number of benzene rings is 1. The summed E-state index contributed by atoms with van der Waals surface area (Å²) in [6, 6.07) is -2.10. The van der Waals surface area contributed by atoms with Crippen molar-refractivity contribution < 1.29 is 35.8 Å². The maximum atomic E-state index is 13.6. The lowest BCUT2D eigenvalue weighted by molar-refractivity contribution is -0.144. The molecule has 3 N–H and O–H groups in total. The van der Waals surface area contributed by atoms with E-state index in [9.17, 15) is 30.7 Å². The molecular weight excluding hydrogens is 331 g/mol. The van der Waals surface area contributed by atoms with Crippen molar-refractivity contribution in [1.82, 2.24) is 0 Å². The van der Waals surface area contributed by atoms with Crippen LogP contribution in [-0.2, 0) is 12.4 Å². The molecule has 0 spiro atoms. The lowest BCUT2D eigenvalue weighted by Crippen LogP contribution is -2.28. The van der Waals surface area contributed by atoms with E-state index in [1.807, 2.05) is 0 Å². The second-order valence-corrected chi connectivity index (χ2v) is 4.18. The molecule has 0 aliphatic rings. The second kappa shape index (κ2) is 6.37. The molecule has 0 unspecified atom stereocenters. The van der Waals surface area contributed by atoms with E-state index < -0.39 is 47.0 Å². The summed E-state index contributed by atoms with van der Waals surface area (Å²) in [6.45, 7) is 1.00. The van der Waals surface area contributed by atoms with Crippen LogP contribution < -0.4 is 5.73 Å². The number of alkyl halides is 6. The monoisotopic (exact) mass is 341 g/mol. The normalized spacial score (nSPS) is 15.3. The molecular formula is C11H11ClF7NO. The number of halogens is 8. The first-order valence-corrected chi connectivity index (χ1v) is 5.27. The number of nitrogens with two attached hydrogens (primary N) is 1. The molecule has 0 saturated heterocycles. The van der Waals surface area contributed by atoms with Crippen LogP contribution in [0.3, 0.4) is 0 Å². The third-order valence-electron chi connectivity index (χ3n) is 2.62. The van der Waals surface area contributed by atoms with Crippen LogP contribution >= 0.6 is 12.4 Å². The van der Waals surface area contributed by atoms with E-state index in [1.54, 1.807) is 0 Å². The number of hydrogen-bond acceptors (Lipinski definition) is 2. The summed E-state index contributed by atoms with van der Waals surface area (Å²) in [7, 11) is 0.